The SMILES string of the molecule is CCOc1cnc(CSCC)[nH]c1=O. The molecule has 1 N–H and O–H groups in total. The van der Waals surface area contributed by atoms with Gasteiger partial charge in [0.1, 0.15) is 5.82 Å². The molecule has 0 radical (unpaired) electrons. The van der Waals surface area contributed by atoms with Gasteiger partial charge in [-0.1, -0.05) is 6.92 Å². The zero-order valence-electron chi connectivity index (χ0n) is 8.37. The lowest BCUT2D eigenvalue weighted by Crippen LogP contribution is -2.14. The Bertz CT molecular complexity index is 338. The summed E-state index contributed by atoms with van der Waals surface area (Å²) in [4.78, 5) is 18.1. The van der Waals surface area contributed by atoms with E-state index in [0.29, 0.717) is 12.4 Å². The standard InChI is InChI=1S/C9H14N2O2S/c1-3-13-7-5-10-8(6-14-4-2)11-9(7)12/h5H,3-4,6H2,1-2H3,(H,10,11,12). The van der Waals surface area contributed by atoms with Crippen LogP contribution in [0.2, 0.25) is 0 Å². The van der Waals surface area contributed by atoms with E-state index in [0.717, 1.165) is 11.5 Å². The van der Waals surface area contributed by atoms with Crippen LogP contribution in [-0.4, -0.2) is 22.3 Å². The summed E-state index contributed by atoms with van der Waals surface area (Å²) in [6.45, 7) is 4.38. The molecule has 0 aliphatic carbocycles. The van der Waals surface area contributed by atoms with Gasteiger partial charge in [-0.2, -0.15) is 11.8 Å². The van der Waals surface area contributed by atoms with Gasteiger partial charge in [-0.3, -0.25) is 4.79 Å². The zero-order valence-corrected chi connectivity index (χ0v) is 9.19. The summed E-state index contributed by atoms with van der Waals surface area (Å²) in [7, 11) is 0. The first-order chi connectivity index (χ1) is 6.77. The predicted molar refractivity (Wildman–Crippen MR) is 57.9 cm³/mol. The van der Waals surface area contributed by atoms with Gasteiger partial charge in [-0.25, -0.2) is 4.98 Å². The third-order valence-electron chi connectivity index (χ3n) is 1.56. The first-order valence-corrected chi connectivity index (χ1v) is 5.72. The van der Waals surface area contributed by atoms with Gasteiger partial charge in [0.2, 0.25) is 5.75 Å². The largest absolute Gasteiger partial charge is 0.487 e. The van der Waals surface area contributed by atoms with Crippen molar-refractivity contribution < 1.29 is 4.74 Å². The van der Waals surface area contributed by atoms with Crippen LogP contribution in [0.5, 0.6) is 5.75 Å². The fourth-order valence-electron chi connectivity index (χ4n) is 0.951. The molecule has 14 heavy (non-hydrogen) atoms. The second-order valence-corrected chi connectivity index (χ2v) is 3.87. The van der Waals surface area contributed by atoms with Crippen LogP contribution in [0.15, 0.2) is 11.0 Å². The third-order valence-corrected chi connectivity index (χ3v) is 2.45. The first kappa shape index (κ1) is 11.1. The van der Waals surface area contributed by atoms with Crippen molar-refractivity contribution in [3.05, 3.63) is 22.4 Å². The van der Waals surface area contributed by atoms with Crippen LogP contribution in [0, 0.1) is 0 Å². The van der Waals surface area contributed by atoms with Crippen molar-refractivity contribution in [2.45, 2.75) is 19.6 Å². The molecule has 0 fully saturated rings. The molecule has 0 aliphatic rings. The van der Waals surface area contributed by atoms with E-state index in [1.54, 1.807) is 11.8 Å². The van der Waals surface area contributed by atoms with Crippen molar-refractivity contribution in [3.63, 3.8) is 0 Å². The first-order valence-electron chi connectivity index (χ1n) is 4.56. The van der Waals surface area contributed by atoms with Gasteiger partial charge in [0.15, 0.2) is 0 Å². The van der Waals surface area contributed by atoms with Gasteiger partial charge < -0.3 is 9.72 Å². The summed E-state index contributed by atoms with van der Waals surface area (Å²) in [5.41, 5.74) is -0.200. The maximum absolute atomic E-state index is 11.4. The van der Waals surface area contributed by atoms with Crippen molar-refractivity contribution >= 4 is 11.8 Å². The molecular formula is C9H14N2O2S. The van der Waals surface area contributed by atoms with Crippen molar-refractivity contribution in [2.24, 2.45) is 0 Å². The van der Waals surface area contributed by atoms with Crippen LogP contribution in [0.4, 0.5) is 0 Å². The number of aromatic amines is 1. The second-order valence-electron chi connectivity index (χ2n) is 2.59. The van der Waals surface area contributed by atoms with Crippen molar-refractivity contribution in [1.29, 1.82) is 0 Å². The number of nitrogens with zero attached hydrogens (tertiary/aromatic N) is 1. The fraction of sp³-hybridized carbons (Fsp3) is 0.556. The minimum atomic E-state index is -0.200. The molecule has 1 heterocycles. The molecule has 0 bridgehead atoms. The van der Waals surface area contributed by atoms with Crippen molar-refractivity contribution in [2.75, 3.05) is 12.4 Å². The molecule has 1 rings (SSSR count). The smallest absolute Gasteiger partial charge is 0.293 e. The van der Waals surface area contributed by atoms with Gasteiger partial charge >= 0.3 is 0 Å². The van der Waals surface area contributed by atoms with Gasteiger partial charge in [0.25, 0.3) is 5.56 Å². The normalized spacial score (nSPS) is 10.1. The quantitative estimate of drug-likeness (QED) is 0.805. The molecule has 4 nitrogen and oxygen atoms in total. The van der Waals surface area contributed by atoms with Crippen LogP contribution in [0.3, 0.4) is 0 Å². The Labute approximate surface area is 87.1 Å². The zero-order chi connectivity index (χ0) is 10.4. The van der Waals surface area contributed by atoms with E-state index in [-0.39, 0.29) is 11.3 Å². The van der Waals surface area contributed by atoms with Crippen LogP contribution in [0.1, 0.15) is 19.7 Å². The van der Waals surface area contributed by atoms with Crippen LogP contribution >= 0.6 is 11.8 Å². The van der Waals surface area contributed by atoms with Gasteiger partial charge in [0, 0.05) is 0 Å². The Morgan fingerprint density at radius 3 is 2.93 bits per heavy atom. The highest BCUT2D eigenvalue weighted by atomic mass is 32.2. The third kappa shape index (κ3) is 3.06. The Kier molecular flexibility index (Phi) is 4.52. The topological polar surface area (TPSA) is 55.0 Å². The number of ether oxygens (including phenoxy) is 1. The average molecular weight is 214 g/mol. The number of rotatable bonds is 5. The van der Waals surface area contributed by atoms with E-state index >= 15 is 0 Å². The van der Waals surface area contributed by atoms with Crippen LogP contribution < -0.4 is 10.3 Å². The number of hydrogen-bond donors (Lipinski definition) is 1. The fourth-order valence-corrected chi connectivity index (χ4v) is 1.49. The number of aromatic nitrogens is 2. The Morgan fingerprint density at radius 1 is 1.57 bits per heavy atom. The number of hydrogen-bond acceptors (Lipinski definition) is 4. The summed E-state index contributed by atoms with van der Waals surface area (Å²) < 4.78 is 5.08. The maximum Gasteiger partial charge on any atom is 0.293 e. The molecule has 0 spiro atoms. The highest BCUT2D eigenvalue weighted by Gasteiger charge is 2.02. The second kappa shape index (κ2) is 5.70. The lowest BCUT2D eigenvalue weighted by molar-refractivity contribution is 0.333. The Balaban J connectivity index is 2.73. The number of thioether (sulfide) groups is 1. The Hall–Kier alpha value is -0.970. The monoisotopic (exact) mass is 214 g/mol. The lowest BCUT2D eigenvalue weighted by Gasteiger charge is -2.02. The molecule has 5 heteroatoms. The van der Waals surface area contributed by atoms with E-state index < -0.39 is 0 Å². The van der Waals surface area contributed by atoms with Crippen LogP contribution in [0.25, 0.3) is 0 Å². The van der Waals surface area contributed by atoms with E-state index in [9.17, 15) is 4.79 Å². The van der Waals surface area contributed by atoms with Crippen molar-refractivity contribution in [1.82, 2.24) is 9.97 Å². The number of H-pyrrole nitrogens is 1. The molecule has 0 atom stereocenters. The minimum Gasteiger partial charge on any atom is -0.487 e. The van der Waals surface area contributed by atoms with E-state index in [4.69, 9.17) is 4.74 Å². The molecule has 78 valence electrons. The summed E-state index contributed by atoms with van der Waals surface area (Å²) >= 11 is 1.72. The minimum absolute atomic E-state index is 0.200. The Morgan fingerprint density at radius 2 is 2.36 bits per heavy atom. The average Bonchev–Trinajstić information content (AvgIpc) is 2.19. The number of nitrogens with one attached hydrogen (secondary N) is 1. The molecule has 1 aromatic rings. The van der Waals surface area contributed by atoms with Gasteiger partial charge in [0.05, 0.1) is 18.6 Å². The highest BCUT2D eigenvalue weighted by Crippen LogP contribution is 2.07. The van der Waals surface area contributed by atoms with Gasteiger partial charge in [-0.05, 0) is 12.7 Å². The van der Waals surface area contributed by atoms with Crippen LogP contribution in [-0.2, 0) is 5.75 Å². The highest BCUT2D eigenvalue weighted by molar-refractivity contribution is 7.98. The van der Waals surface area contributed by atoms with E-state index in [2.05, 4.69) is 16.9 Å². The molecule has 0 unspecified atom stereocenters. The molecule has 0 saturated carbocycles. The lowest BCUT2D eigenvalue weighted by atomic mass is 10.5. The molecule has 0 amide bonds. The summed E-state index contributed by atoms with van der Waals surface area (Å²) in [5.74, 6) is 2.73. The molecule has 0 aliphatic heterocycles. The van der Waals surface area contributed by atoms with E-state index in [1.807, 2.05) is 6.92 Å². The molecule has 1 aromatic heterocycles. The summed E-state index contributed by atoms with van der Waals surface area (Å²) in [5, 5.41) is 0. The predicted octanol–water partition coefficient (Wildman–Crippen LogP) is 1.42. The molecular weight excluding hydrogens is 200 g/mol. The van der Waals surface area contributed by atoms with E-state index in [1.165, 1.54) is 6.20 Å². The summed E-state index contributed by atoms with van der Waals surface area (Å²) in [6, 6.07) is 0. The molecule has 0 saturated heterocycles. The van der Waals surface area contributed by atoms with Crippen molar-refractivity contribution in [3.8, 4) is 5.75 Å². The maximum atomic E-state index is 11.4. The van der Waals surface area contributed by atoms with Gasteiger partial charge in [-0.15, -0.1) is 0 Å². The summed E-state index contributed by atoms with van der Waals surface area (Å²) in [6.07, 6.45) is 1.48. The molecule has 0 aromatic carbocycles.